The van der Waals surface area contributed by atoms with E-state index in [0.717, 1.165) is 18.5 Å². The molecule has 1 saturated carbocycles. The van der Waals surface area contributed by atoms with Gasteiger partial charge in [0.15, 0.2) is 5.96 Å². The molecule has 1 aliphatic rings. The lowest BCUT2D eigenvalue weighted by atomic mass is 10.3. The minimum atomic E-state index is 0.432. The Bertz CT molecular complexity index is 358. The molecule has 2 rings (SSSR count). The molecule has 1 fully saturated rings. The third-order valence-corrected chi connectivity index (χ3v) is 2.20. The number of guanidine groups is 1. The summed E-state index contributed by atoms with van der Waals surface area (Å²) in [6, 6.07) is 7.84. The predicted molar refractivity (Wildman–Crippen MR) is 59.7 cm³/mol. The summed E-state index contributed by atoms with van der Waals surface area (Å²) in [5.41, 5.74) is 6.57. The lowest BCUT2D eigenvalue weighted by molar-refractivity contribution is 1.06. The van der Waals surface area contributed by atoms with Crippen LogP contribution in [-0.4, -0.2) is 12.0 Å². The summed E-state index contributed by atoms with van der Waals surface area (Å²) in [6.45, 7) is 0. The van der Waals surface area contributed by atoms with Crippen LogP contribution in [0, 0.1) is 0 Å². The molecule has 1 aromatic carbocycles. The van der Waals surface area contributed by atoms with Crippen molar-refractivity contribution in [1.82, 2.24) is 0 Å². The van der Waals surface area contributed by atoms with Crippen molar-refractivity contribution in [3.05, 3.63) is 29.3 Å². The second-order valence-corrected chi connectivity index (χ2v) is 3.82. The summed E-state index contributed by atoms with van der Waals surface area (Å²) in [5, 5.41) is 3.69. The van der Waals surface area contributed by atoms with E-state index in [1.807, 2.05) is 24.3 Å². The number of nitrogens with zero attached hydrogens (tertiary/aromatic N) is 1. The number of halogens is 1. The molecule has 3 N–H and O–H groups in total. The zero-order valence-electron chi connectivity index (χ0n) is 7.70. The summed E-state index contributed by atoms with van der Waals surface area (Å²) in [5.74, 6) is 0.467. The summed E-state index contributed by atoms with van der Waals surface area (Å²) in [7, 11) is 0. The molecule has 4 heteroatoms. The van der Waals surface area contributed by atoms with Crippen LogP contribution in [0.15, 0.2) is 29.3 Å². The van der Waals surface area contributed by atoms with E-state index in [0.29, 0.717) is 17.0 Å². The number of nitrogens with two attached hydrogens (primary N) is 1. The van der Waals surface area contributed by atoms with Crippen LogP contribution in [-0.2, 0) is 0 Å². The van der Waals surface area contributed by atoms with E-state index in [9.17, 15) is 0 Å². The summed E-state index contributed by atoms with van der Waals surface area (Å²) in [6.07, 6.45) is 2.30. The molecule has 0 unspecified atom stereocenters. The van der Waals surface area contributed by atoms with Gasteiger partial charge in [-0.25, -0.2) is 4.99 Å². The van der Waals surface area contributed by atoms with Crippen molar-refractivity contribution in [3.8, 4) is 0 Å². The number of aliphatic imine (C=N–C) groups is 1. The molecule has 0 radical (unpaired) electrons. The molecule has 0 amide bonds. The lowest BCUT2D eigenvalue weighted by Crippen LogP contribution is -2.22. The molecule has 0 bridgehead atoms. The number of rotatable bonds is 2. The Labute approximate surface area is 88.0 Å². The third-order valence-electron chi connectivity index (χ3n) is 1.97. The van der Waals surface area contributed by atoms with Gasteiger partial charge in [-0.1, -0.05) is 17.7 Å². The van der Waals surface area contributed by atoms with Gasteiger partial charge >= 0.3 is 0 Å². The second-order valence-electron chi connectivity index (χ2n) is 3.38. The van der Waals surface area contributed by atoms with Crippen LogP contribution < -0.4 is 11.1 Å². The first kappa shape index (κ1) is 9.34. The van der Waals surface area contributed by atoms with E-state index < -0.39 is 0 Å². The largest absolute Gasteiger partial charge is 0.370 e. The monoisotopic (exact) mass is 209 g/mol. The molecule has 74 valence electrons. The van der Waals surface area contributed by atoms with E-state index in [1.165, 1.54) is 0 Å². The molecule has 0 aliphatic heterocycles. The van der Waals surface area contributed by atoms with Crippen LogP contribution in [0.5, 0.6) is 0 Å². The van der Waals surface area contributed by atoms with Gasteiger partial charge in [-0.3, -0.25) is 0 Å². The minimum Gasteiger partial charge on any atom is -0.370 e. The average molecular weight is 210 g/mol. The molecule has 0 spiro atoms. The highest BCUT2D eigenvalue weighted by Gasteiger charge is 2.20. The highest BCUT2D eigenvalue weighted by Crippen LogP contribution is 2.23. The molecule has 1 aromatic rings. The van der Waals surface area contributed by atoms with Crippen LogP contribution in [0.3, 0.4) is 0 Å². The van der Waals surface area contributed by atoms with E-state index in [1.54, 1.807) is 0 Å². The Kier molecular flexibility index (Phi) is 2.59. The van der Waals surface area contributed by atoms with E-state index >= 15 is 0 Å². The Hall–Kier alpha value is -1.22. The molecule has 0 atom stereocenters. The van der Waals surface area contributed by atoms with Gasteiger partial charge in [0.1, 0.15) is 0 Å². The fourth-order valence-corrected chi connectivity index (χ4v) is 1.34. The number of anilines is 1. The van der Waals surface area contributed by atoms with Gasteiger partial charge in [0.25, 0.3) is 0 Å². The van der Waals surface area contributed by atoms with Crippen molar-refractivity contribution >= 4 is 23.2 Å². The second kappa shape index (κ2) is 3.88. The summed E-state index contributed by atoms with van der Waals surface area (Å²) >= 11 is 5.83. The lowest BCUT2D eigenvalue weighted by Gasteiger charge is -2.04. The summed E-state index contributed by atoms with van der Waals surface area (Å²) < 4.78 is 0. The van der Waals surface area contributed by atoms with Crippen LogP contribution in [0.2, 0.25) is 5.02 Å². The highest BCUT2D eigenvalue weighted by molar-refractivity contribution is 6.30. The zero-order chi connectivity index (χ0) is 9.97. The molecule has 0 aromatic heterocycles. The molecule has 1 aliphatic carbocycles. The fourth-order valence-electron chi connectivity index (χ4n) is 1.15. The molecular weight excluding hydrogens is 198 g/mol. The third kappa shape index (κ3) is 2.64. The Morgan fingerprint density at radius 1 is 1.50 bits per heavy atom. The number of benzene rings is 1. The van der Waals surface area contributed by atoms with Crippen LogP contribution in [0.25, 0.3) is 0 Å². The minimum absolute atomic E-state index is 0.432. The van der Waals surface area contributed by atoms with Gasteiger partial charge < -0.3 is 11.1 Å². The molecule has 0 heterocycles. The van der Waals surface area contributed by atoms with Crippen molar-refractivity contribution < 1.29 is 0 Å². The average Bonchev–Trinajstić information content (AvgIpc) is 2.87. The van der Waals surface area contributed by atoms with E-state index in [4.69, 9.17) is 17.3 Å². The van der Waals surface area contributed by atoms with Gasteiger partial charge in [0.05, 0.1) is 6.04 Å². The van der Waals surface area contributed by atoms with Crippen molar-refractivity contribution in [2.45, 2.75) is 18.9 Å². The smallest absolute Gasteiger partial charge is 0.193 e. The first-order chi connectivity index (χ1) is 6.74. The molecular formula is C10H12ClN3. The first-order valence-corrected chi connectivity index (χ1v) is 4.98. The highest BCUT2D eigenvalue weighted by atomic mass is 35.5. The number of hydrogen-bond donors (Lipinski definition) is 2. The van der Waals surface area contributed by atoms with Gasteiger partial charge in [-0.05, 0) is 31.0 Å². The number of hydrogen-bond acceptors (Lipinski definition) is 1. The Balaban J connectivity index is 2.02. The Morgan fingerprint density at radius 2 is 2.29 bits per heavy atom. The van der Waals surface area contributed by atoms with E-state index in [2.05, 4.69) is 10.3 Å². The van der Waals surface area contributed by atoms with E-state index in [-0.39, 0.29) is 0 Å². The fraction of sp³-hybridized carbons (Fsp3) is 0.300. The first-order valence-electron chi connectivity index (χ1n) is 4.60. The van der Waals surface area contributed by atoms with Crippen LogP contribution in [0.1, 0.15) is 12.8 Å². The van der Waals surface area contributed by atoms with Crippen LogP contribution >= 0.6 is 11.6 Å². The van der Waals surface area contributed by atoms with Crippen molar-refractivity contribution in [1.29, 1.82) is 0 Å². The predicted octanol–water partition coefficient (Wildman–Crippen LogP) is 2.23. The number of nitrogens with one attached hydrogen (secondary N) is 1. The topological polar surface area (TPSA) is 50.4 Å². The Morgan fingerprint density at radius 3 is 2.93 bits per heavy atom. The summed E-state index contributed by atoms with van der Waals surface area (Å²) in [4.78, 5) is 4.25. The van der Waals surface area contributed by atoms with Crippen molar-refractivity contribution in [2.24, 2.45) is 10.7 Å². The SMILES string of the molecule is NC(=NC1CC1)Nc1cccc(Cl)c1. The molecule has 0 saturated heterocycles. The molecule has 14 heavy (non-hydrogen) atoms. The zero-order valence-corrected chi connectivity index (χ0v) is 8.46. The normalized spacial score (nSPS) is 16.8. The van der Waals surface area contributed by atoms with Gasteiger partial charge in [-0.2, -0.15) is 0 Å². The van der Waals surface area contributed by atoms with Crippen molar-refractivity contribution in [2.75, 3.05) is 5.32 Å². The maximum Gasteiger partial charge on any atom is 0.193 e. The van der Waals surface area contributed by atoms with Crippen molar-refractivity contribution in [3.63, 3.8) is 0 Å². The standard InChI is InChI=1S/C10H12ClN3/c11-7-2-1-3-9(6-7)14-10(12)13-8-4-5-8/h1-3,6,8H,4-5H2,(H3,12,13,14). The van der Waals surface area contributed by atoms with Gasteiger partial charge in [0, 0.05) is 10.7 Å². The van der Waals surface area contributed by atoms with Crippen LogP contribution in [0.4, 0.5) is 5.69 Å². The quantitative estimate of drug-likeness (QED) is 0.580. The maximum atomic E-state index is 5.83. The van der Waals surface area contributed by atoms with Gasteiger partial charge in [0.2, 0.25) is 0 Å². The maximum absolute atomic E-state index is 5.83. The molecule has 3 nitrogen and oxygen atoms in total. The van der Waals surface area contributed by atoms with Gasteiger partial charge in [-0.15, -0.1) is 0 Å².